The van der Waals surface area contributed by atoms with Crippen LogP contribution in [0.1, 0.15) is 12.0 Å². The highest BCUT2D eigenvalue weighted by Crippen LogP contribution is 2.45. The first-order valence-electron chi connectivity index (χ1n) is 6.23. The van der Waals surface area contributed by atoms with Gasteiger partial charge in [-0.15, -0.1) is 12.4 Å². The van der Waals surface area contributed by atoms with Crippen LogP contribution >= 0.6 is 12.4 Å². The summed E-state index contributed by atoms with van der Waals surface area (Å²) in [7, 11) is 0. The lowest BCUT2D eigenvalue weighted by molar-refractivity contribution is -0.159. The number of carbonyl (C=O) groups is 1. The monoisotopic (exact) mass is 267 g/mol. The van der Waals surface area contributed by atoms with Crippen LogP contribution in [-0.2, 0) is 11.3 Å². The molecular formula is C14H18ClNO2. The third-order valence-corrected chi connectivity index (χ3v) is 4.14. The van der Waals surface area contributed by atoms with Gasteiger partial charge in [0.15, 0.2) is 0 Å². The lowest BCUT2D eigenvalue weighted by Crippen LogP contribution is -2.57. The predicted octanol–water partition coefficient (Wildman–Crippen LogP) is 2.26. The van der Waals surface area contributed by atoms with Gasteiger partial charge in [-0.2, -0.15) is 0 Å². The Balaban J connectivity index is 0.00000120. The molecule has 1 saturated carbocycles. The number of carboxylic acid groups (broad SMARTS) is 1. The molecule has 0 amide bonds. The van der Waals surface area contributed by atoms with Crippen LogP contribution in [0.5, 0.6) is 0 Å². The summed E-state index contributed by atoms with van der Waals surface area (Å²) in [4.78, 5) is 13.4. The van der Waals surface area contributed by atoms with Gasteiger partial charge in [0.25, 0.3) is 0 Å². The van der Waals surface area contributed by atoms with E-state index in [1.807, 2.05) is 6.07 Å². The zero-order chi connectivity index (χ0) is 11.8. The average molecular weight is 268 g/mol. The molecule has 98 valence electrons. The minimum Gasteiger partial charge on any atom is -0.481 e. The summed E-state index contributed by atoms with van der Waals surface area (Å²) in [6, 6.07) is 10.4. The maximum atomic E-state index is 11.0. The molecule has 2 bridgehead atoms. The van der Waals surface area contributed by atoms with Crippen molar-refractivity contribution in [3.63, 3.8) is 0 Å². The third kappa shape index (κ3) is 2.38. The van der Waals surface area contributed by atoms with Gasteiger partial charge in [-0.3, -0.25) is 9.69 Å². The highest BCUT2D eigenvalue weighted by molar-refractivity contribution is 5.85. The van der Waals surface area contributed by atoms with E-state index in [1.165, 1.54) is 5.56 Å². The number of aliphatic carboxylic acids is 1. The fraction of sp³-hybridized carbons (Fsp3) is 0.500. The maximum Gasteiger partial charge on any atom is 0.307 e. The maximum absolute atomic E-state index is 11.0. The smallest absolute Gasteiger partial charge is 0.307 e. The molecule has 2 saturated heterocycles. The Morgan fingerprint density at radius 3 is 2.39 bits per heavy atom. The fourth-order valence-electron chi connectivity index (χ4n) is 3.36. The number of fused-ring (bicyclic) bond motifs is 2. The van der Waals surface area contributed by atoms with E-state index in [-0.39, 0.29) is 18.3 Å². The zero-order valence-electron chi connectivity index (χ0n) is 10.2. The van der Waals surface area contributed by atoms with Gasteiger partial charge in [0.1, 0.15) is 0 Å². The van der Waals surface area contributed by atoms with Crippen molar-refractivity contribution in [3.8, 4) is 0 Å². The van der Waals surface area contributed by atoms with E-state index >= 15 is 0 Å². The first-order chi connectivity index (χ1) is 8.24. The van der Waals surface area contributed by atoms with E-state index in [2.05, 4.69) is 29.2 Å². The standard InChI is InChI=1S/C14H17NO2.ClH/c16-14(17)13-11-6-12(13)9-15(8-11)7-10-4-2-1-3-5-10;/h1-5,11-13H,6-9H2,(H,16,17);1H. The molecule has 0 radical (unpaired) electrons. The van der Waals surface area contributed by atoms with Crippen LogP contribution in [0.3, 0.4) is 0 Å². The first kappa shape index (κ1) is 13.4. The van der Waals surface area contributed by atoms with Crippen LogP contribution in [0, 0.1) is 17.8 Å². The summed E-state index contributed by atoms with van der Waals surface area (Å²) in [6.45, 7) is 2.85. The molecule has 0 spiro atoms. The summed E-state index contributed by atoms with van der Waals surface area (Å²) < 4.78 is 0. The van der Waals surface area contributed by atoms with Gasteiger partial charge in [-0.25, -0.2) is 0 Å². The van der Waals surface area contributed by atoms with Crippen LogP contribution in [0.25, 0.3) is 0 Å². The van der Waals surface area contributed by atoms with E-state index in [4.69, 9.17) is 5.11 Å². The van der Waals surface area contributed by atoms with E-state index in [0.717, 1.165) is 26.1 Å². The third-order valence-electron chi connectivity index (χ3n) is 4.14. The van der Waals surface area contributed by atoms with Crippen molar-refractivity contribution in [2.45, 2.75) is 13.0 Å². The Labute approximate surface area is 113 Å². The van der Waals surface area contributed by atoms with Crippen LogP contribution in [0.2, 0.25) is 0 Å². The fourth-order valence-corrected chi connectivity index (χ4v) is 3.36. The van der Waals surface area contributed by atoms with Crippen LogP contribution in [-0.4, -0.2) is 29.1 Å². The Morgan fingerprint density at radius 1 is 1.22 bits per heavy atom. The first-order valence-corrected chi connectivity index (χ1v) is 6.23. The molecule has 1 N–H and O–H groups in total. The highest BCUT2D eigenvalue weighted by atomic mass is 35.5. The van der Waals surface area contributed by atoms with Gasteiger partial charge in [-0.05, 0) is 23.8 Å². The summed E-state index contributed by atoms with van der Waals surface area (Å²) in [6.07, 6.45) is 1.11. The van der Waals surface area contributed by atoms with Crippen molar-refractivity contribution in [1.82, 2.24) is 4.90 Å². The highest BCUT2D eigenvalue weighted by Gasteiger charge is 2.50. The Hall–Kier alpha value is -1.06. The van der Waals surface area contributed by atoms with Gasteiger partial charge in [0.05, 0.1) is 5.92 Å². The molecular weight excluding hydrogens is 250 g/mol. The molecule has 2 aliphatic heterocycles. The van der Waals surface area contributed by atoms with Crippen molar-refractivity contribution >= 4 is 18.4 Å². The Kier molecular flexibility index (Phi) is 3.93. The van der Waals surface area contributed by atoms with E-state index < -0.39 is 5.97 Å². The minimum atomic E-state index is -0.592. The van der Waals surface area contributed by atoms with E-state index in [0.29, 0.717) is 11.8 Å². The van der Waals surface area contributed by atoms with Gasteiger partial charge >= 0.3 is 5.97 Å². The molecule has 18 heavy (non-hydrogen) atoms. The minimum absolute atomic E-state index is 0. The largest absolute Gasteiger partial charge is 0.481 e. The van der Waals surface area contributed by atoms with Gasteiger partial charge in [0, 0.05) is 19.6 Å². The summed E-state index contributed by atoms with van der Waals surface area (Å²) in [5, 5.41) is 9.10. The lowest BCUT2D eigenvalue weighted by Gasteiger charge is -2.51. The summed E-state index contributed by atoms with van der Waals surface area (Å²) in [5.41, 5.74) is 1.32. The average Bonchev–Trinajstić information content (AvgIpc) is 2.29. The number of halogens is 1. The quantitative estimate of drug-likeness (QED) is 0.913. The molecule has 1 aliphatic carbocycles. The van der Waals surface area contributed by atoms with Crippen molar-refractivity contribution < 1.29 is 9.90 Å². The molecule has 1 aromatic carbocycles. The predicted molar refractivity (Wildman–Crippen MR) is 71.7 cm³/mol. The van der Waals surface area contributed by atoms with Gasteiger partial charge in [0.2, 0.25) is 0 Å². The Bertz CT molecular complexity index is 411. The topological polar surface area (TPSA) is 40.5 Å². The molecule has 3 fully saturated rings. The van der Waals surface area contributed by atoms with E-state index in [9.17, 15) is 4.79 Å². The van der Waals surface area contributed by atoms with Crippen molar-refractivity contribution in [2.75, 3.05) is 13.1 Å². The molecule has 2 atom stereocenters. The second-order valence-electron chi connectivity index (χ2n) is 5.30. The number of hydrogen-bond donors (Lipinski definition) is 1. The van der Waals surface area contributed by atoms with Crippen LogP contribution in [0.4, 0.5) is 0 Å². The molecule has 2 unspecified atom stereocenters. The number of hydrogen-bond acceptors (Lipinski definition) is 2. The van der Waals surface area contributed by atoms with Crippen LogP contribution < -0.4 is 0 Å². The number of benzene rings is 1. The van der Waals surface area contributed by atoms with Crippen LogP contribution in [0.15, 0.2) is 30.3 Å². The molecule has 2 heterocycles. The van der Waals surface area contributed by atoms with Crippen molar-refractivity contribution in [2.24, 2.45) is 17.8 Å². The summed E-state index contributed by atoms with van der Waals surface area (Å²) >= 11 is 0. The van der Waals surface area contributed by atoms with Crippen molar-refractivity contribution in [1.29, 1.82) is 0 Å². The van der Waals surface area contributed by atoms with E-state index in [1.54, 1.807) is 0 Å². The zero-order valence-corrected chi connectivity index (χ0v) is 11.0. The second kappa shape index (κ2) is 5.29. The number of carboxylic acids is 1. The molecule has 4 heteroatoms. The second-order valence-corrected chi connectivity index (χ2v) is 5.30. The SMILES string of the molecule is Cl.O=C(O)C1C2CC1CN(Cc1ccccc1)C2. The summed E-state index contributed by atoms with van der Waals surface area (Å²) in [5.74, 6) is 0.109. The lowest BCUT2D eigenvalue weighted by atomic mass is 9.61. The molecule has 4 rings (SSSR count). The Morgan fingerprint density at radius 2 is 1.83 bits per heavy atom. The number of rotatable bonds is 3. The normalized spacial score (nSPS) is 30.1. The van der Waals surface area contributed by atoms with Gasteiger partial charge in [-0.1, -0.05) is 30.3 Å². The molecule has 0 aromatic heterocycles. The molecule has 3 aliphatic rings. The molecule has 3 nitrogen and oxygen atoms in total. The molecule has 1 aromatic rings. The number of nitrogens with zero attached hydrogens (tertiary/aromatic N) is 1. The van der Waals surface area contributed by atoms with Gasteiger partial charge < -0.3 is 5.11 Å². The number of piperidine rings is 2. The van der Waals surface area contributed by atoms with Crippen molar-refractivity contribution in [3.05, 3.63) is 35.9 Å².